The Morgan fingerprint density at radius 3 is 2.81 bits per heavy atom. The smallest absolute Gasteiger partial charge is 0.324 e. The molecule has 6 nitrogen and oxygen atoms in total. The molecule has 114 valence electrons. The lowest BCUT2D eigenvalue weighted by atomic mass is 10.2. The van der Waals surface area contributed by atoms with Gasteiger partial charge in [-0.05, 0) is 25.0 Å². The van der Waals surface area contributed by atoms with Gasteiger partial charge in [0, 0.05) is 12.1 Å². The molecule has 2 N–H and O–H groups in total. The molecule has 1 heterocycles. The molecule has 8 heteroatoms. The summed E-state index contributed by atoms with van der Waals surface area (Å²) in [4.78, 5) is 11.9. The van der Waals surface area contributed by atoms with E-state index in [9.17, 15) is 13.2 Å². The summed E-state index contributed by atoms with van der Waals surface area (Å²) in [6, 6.07) is 5.33. The Kier molecular flexibility index (Phi) is 4.60. The number of carbonyl (C=O) groups excluding carboxylic acids is 1. The third-order valence-corrected chi connectivity index (χ3v) is 5.54. The van der Waals surface area contributed by atoms with Crippen LogP contribution in [0.4, 0.5) is 0 Å². The van der Waals surface area contributed by atoms with E-state index < -0.39 is 22.0 Å². The Morgan fingerprint density at radius 2 is 2.19 bits per heavy atom. The number of hydrogen-bond donors (Lipinski definition) is 1. The summed E-state index contributed by atoms with van der Waals surface area (Å²) in [5, 5.41) is 0. The van der Waals surface area contributed by atoms with Gasteiger partial charge >= 0.3 is 5.97 Å². The summed E-state index contributed by atoms with van der Waals surface area (Å²) in [5.74, 6) is -0.540. The maximum Gasteiger partial charge on any atom is 0.324 e. The van der Waals surface area contributed by atoms with E-state index in [1.807, 2.05) is 0 Å². The second-order valence-corrected chi connectivity index (χ2v) is 7.02. The van der Waals surface area contributed by atoms with Crippen LogP contribution in [-0.2, 0) is 19.6 Å². The molecule has 2 rings (SSSR count). The molecule has 0 aliphatic carbocycles. The van der Waals surface area contributed by atoms with Gasteiger partial charge in [0.2, 0.25) is 10.0 Å². The topological polar surface area (TPSA) is 89.7 Å². The number of rotatable bonds is 4. The molecule has 0 bridgehead atoms. The molecule has 0 spiro atoms. The second-order valence-electron chi connectivity index (χ2n) is 4.69. The number of sulfonamides is 1. The number of benzene rings is 1. The predicted molar refractivity (Wildman–Crippen MR) is 81.3 cm³/mol. The molecular weight excluding hydrogens is 312 g/mol. The molecule has 1 unspecified atom stereocenters. The molecule has 0 amide bonds. The van der Waals surface area contributed by atoms with Crippen LogP contribution in [0.3, 0.4) is 0 Å². The van der Waals surface area contributed by atoms with Gasteiger partial charge in [-0.3, -0.25) is 4.79 Å². The standard InChI is InChI=1S/C13H16N2O4S2/c1-19-13(16)11-6-3-7-15(11)21(17,18)10-5-2-4-9(8-10)12(14)20/h2,4-5,8,11H,3,6-7H2,1H3,(H2,14,20). The van der Waals surface area contributed by atoms with Crippen LogP contribution in [0.25, 0.3) is 0 Å². The normalized spacial score (nSPS) is 19.4. The lowest BCUT2D eigenvalue weighted by molar-refractivity contribution is -0.144. The largest absolute Gasteiger partial charge is 0.468 e. The van der Waals surface area contributed by atoms with Gasteiger partial charge in [0.05, 0.1) is 12.0 Å². The summed E-state index contributed by atoms with van der Waals surface area (Å²) in [5.41, 5.74) is 6.00. The van der Waals surface area contributed by atoms with Crippen molar-refractivity contribution < 1.29 is 17.9 Å². The first kappa shape index (κ1) is 15.9. The fourth-order valence-corrected chi connectivity index (χ4v) is 4.16. The third-order valence-electron chi connectivity index (χ3n) is 3.40. The Hall–Kier alpha value is -1.51. The van der Waals surface area contributed by atoms with Crippen LogP contribution in [0.5, 0.6) is 0 Å². The highest BCUT2D eigenvalue weighted by Gasteiger charge is 2.40. The number of hydrogen-bond acceptors (Lipinski definition) is 5. The summed E-state index contributed by atoms with van der Waals surface area (Å²) >= 11 is 4.86. The van der Waals surface area contributed by atoms with E-state index in [4.69, 9.17) is 18.0 Å². The van der Waals surface area contributed by atoms with E-state index in [-0.39, 0.29) is 9.88 Å². The molecule has 0 saturated carbocycles. The fourth-order valence-electron chi connectivity index (χ4n) is 2.34. The highest BCUT2D eigenvalue weighted by atomic mass is 32.2. The fraction of sp³-hybridized carbons (Fsp3) is 0.385. The molecule has 1 aliphatic rings. The van der Waals surface area contributed by atoms with Crippen molar-refractivity contribution in [2.75, 3.05) is 13.7 Å². The van der Waals surface area contributed by atoms with Crippen molar-refractivity contribution in [1.82, 2.24) is 4.31 Å². The van der Waals surface area contributed by atoms with Crippen molar-refractivity contribution in [1.29, 1.82) is 0 Å². The van der Waals surface area contributed by atoms with Gasteiger partial charge in [-0.2, -0.15) is 4.31 Å². The monoisotopic (exact) mass is 328 g/mol. The zero-order chi connectivity index (χ0) is 15.6. The van der Waals surface area contributed by atoms with Gasteiger partial charge in [-0.15, -0.1) is 0 Å². The van der Waals surface area contributed by atoms with E-state index in [0.717, 1.165) is 0 Å². The van der Waals surface area contributed by atoms with Crippen molar-refractivity contribution in [3.05, 3.63) is 29.8 Å². The first-order valence-corrected chi connectivity index (χ1v) is 8.22. The highest BCUT2D eigenvalue weighted by Crippen LogP contribution is 2.27. The van der Waals surface area contributed by atoms with E-state index in [1.165, 1.54) is 23.5 Å². The maximum atomic E-state index is 12.7. The molecule has 1 aliphatic heterocycles. The molecule has 0 radical (unpaired) electrons. The van der Waals surface area contributed by atoms with E-state index in [2.05, 4.69) is 4.74 Å². The van der Waals surface area contributed by atoms with Crippen molar-refractivity contribution in [2.45, 2.75) is 23.8 Å². The lowest BCUT2D eigenvalue weighted by Crippen LogP contribution is -2.41. The maximum absolute atomic E-state index is 12.7. The van der Waals surface area contributed by atoms with Gasteiger partial charge in [-0.25, -0.2) is 8.42 Å². The molecular formula is C13H16N2O4S2. The van der Waals surface area contributed by atoms with E-state index >= 15 is 0 Å². The number of nitrogens with two attached hydrogens (primary N) is 1. The molecule has 1 aromatic carbocycles. The average Bonchev–Trinajstić information content (AvgIpc) is 2.96. The van der Waals surface area contributed by atoms with Gasteiger partial charge in [0.1, 0.15) is 11.0 Å². The minimum absolute atomic E-state index is 0.0728. The summed E-state index contributed by atoms with van der Waals surface area (Å²) < 4.78 is 31.2. The summed E-state index contributed by atoms with van der Waals surface area (Å²) in [6.07, 6.45) is 1.08. The Bertz CT molecular complexity index is 673. The first-order valence-electron chi connectivity index (χ1n) is 6.37. The van der Waals surface area contributed by atoms with Crippen LogP contribution in [0.1, 0.15) is 18.4 Å². The number of esters is 1. The van der Waals surface area contributed by atoms with Gasteiger partial charge in [0.15, 0.2) is 0 Å². The Morgan fingerprint density at radius 1 is 1.48 bits per heavy atom. The van der Waals surface area contributed by atoms with Crippen LogP contribution >= 0.6 is 12.2 Å². The third kappa shape index (κ3) is 3.07. The number of thiocarbonyl (C=S) groups is 1. The average molecular weight is 328 g/mol. The van der Waals surface area contributed by atoms with Crippen molar-refractivity contribution in [2.24, 2.45) is 5.73 Å². The molecule has 1 saturated heterocycles. The van der Waals surface area contributed by atoms with Gasteiger partial charge in [0.25, 0.3) is 0 Å². The van der Waals surface area contributed by atoms with Crippen molar-refractivity contribution in [3.8, 4) is 0 Å². The SMILES string of the molecule is COC(=O)C1CCCN1S(=O)(=O)c1cccc(C(N)=S)c1. The van der Waals surface area contributed by atoms with Crippen LogP contribution < -0.4 is 5.73 Å². The lowest BCUT2D eigenvalue weighted by Gasteiger charge is -2.22. The van der Waals surface area contributed by atoms with Crippen molar-refractivity contribution >= 4 is 33.2 Å². The number of nitrogens with zero attached hydrogens (tertiary/aromatic N) is 1. The molecule has 1 fully saturated rings. The van der Waals surface area contributed by atoms with Crippen molar-refractivity contribution in [3.63, 3.8) is 0 Å². The zero-order valence-electron chi connectivity index (χ0n) is 11.5. The van der Waals surface area contributed by atoms with Gasteiger partial charge in [-0.1, -0.05) is 24.4 Å². The highest BCUT2D eigenvalue weighted by molar-refractivity contribution is 7.89. The van der Waals surface area contributed by atoms with Crippen LogP contribution in [0.15, 0.2) is 29.2 Å². The van der Waals surface area contributed by atoms with Crippen LogP contribution in [0.2, 0.25) is 0 Å². The van der Waals surface area contributed by atoms with Crippen LogP contribution in [0, 0.1) is 0 Å². The molecule has 0 aromatic heterocycles. The summed E-state index contributed by atoms with van der Waals surface area (Å²) in [7, 11) is -2.53. The Balaban J connectivity index is 2.40. The van der Waals surface area contributed by atoms with E-state index in [1.54, 1.807) is 12.1 Å². The van der Waals surface area contributed by atoms with Crippen LogP contribution in [-0.4, -0.2) is 43.4 Å². The molecule has 1 atom stereocenters. The first-order chi connectivity index (χ1) is 9.87. The summed E-state index contributed by atoms with van der Waals surface area (Å²) in [6.45, 7) is 0.291. The molecule has 1 aromatic rings. The van der Waals surface area contributed by atoms with Gasteiger partial charge < -0.3 is 10.5 Å². The predicted octanol–water partition coefficient (Wildman–Crippen LogP) is 0.647. The second kappa shape index (κ2) is 6.08. The number of carbonyl (C=O) groups is 1. The zero-order valence-corrected chi connectivity index (χ0v) is 13.1. The number of methoxy groups -OCH3 is 1. The minimum Gasteiger partial charge on any atom is -0.468 e. The Labute approximate surface area is 128 Å². The molecule has 21 heavy (non-hydrogen) atoms. The quantitative estimate of drug-likeness (QED) is 0.645. The van der Waals surface area contributed by atoms with E-state index in [0.29, 0.717) is 24.9 Å². The number of ether oxygens (including phenoxy) is 1. The minimum atomic E-state index is -3.78.